The summed E-state index contributed by atoms with van der Waals surface area (Å²) < 4.78 is 2.31. The van der Waals surface area contributed by atoms with Crippen LogP contribution in [-0.2, 0) is 6.54 Å². The molecular formula is C13H16N2. The quantitative estimate of drug-likeness (QED) is 0.742. The van der Waals surface area contributed by atoms with Crippen LogP contribution in [0.3, 0.4) is 0 Å². The van der Waals surface area contributed by atoms with Crippen LogP contribution in [0.2, 0.25) is 0 Å². The van der Waals surface area contributed by atoms with Gasteiger partial charge >= 0.3 is 0 Å². The number of hydrogen-bond acceptors (Lipinski definition) is 1. The lowest BCUT2D eigenvalue weighted by atomic mass is 9.85. The second kappa shape index (κ2) is 3.30. The first kappa shape index (κ1) is 8.84. The topological polar surface area (TPSA) is 30.9 Å². The molecule has 1 fully saturated rings. The lowest BCUT2D eigenvalue weighted by molar-refractivity contribution is 0.280. The van der Waals surface area contributed by atoms with Crippen LogP contribution in [0.15, 0.2) is 30.5 Å². The highest BCUT2D eigenvalue weighted by molar-refractivity contribution is 5.90. The van der Waals surface area contributed by atoms with Gasteiger partial charge in [-0.1, -0.05) is 18.6 Å². The SMILES string of the molecule is Nc1cccc2ccn(CC3CCC3)c12. The number of para-hydroxylation sites is 1. The van der Waals surface area contributed by atoms with Gasteiger partial charge in [-0.2, -0.15) is 0 Å². The first-order valence-electron chi connectivity index (χ1n) is 5.68. The van der Waals surface area contributed by atoms with E-state index in [0.717, 1.165) is 18.2 Å². The highest BCUT2D eigenvalue weighted by Gasteiger charge is 2.18. The summed E-state index contributed by atoms with van der Waals surface area (Å²) in [7, 11) is 0. The highest BCUT2D eigenvalue weighted by atomic mass is 15.0. The monoisotopic (exact) mass is 200 g/mol. The fraction of sp³-hybridized carbons (Fsp3) is 0.385. The third kappa shape index (κ3) is 1.41. The molecule has 1 saturated carbocycles. The minimum atomic E-state index is 0.875. The summed E-state index contributed by atoms with van der Waals surface area (Å²) in [5.74, 6) is 0.875. The van der Waals surface area contributed by atoms with Crippen molar-refractivity contribution in [1.82, 2.24) is 4.57 Å². The molecule has 1 aliphatic carbocycles. The zero-order valence-corrected chi connectivity index (χ0v) is 8.82. The van der Waals surface area contributed by atoms with Crippen LogP contribution >= 0.6 is 0 Å². The third-order valence-corrected chi connectivity index (χ3v) is 3.50. The Kier molecular flexibility index (Phi) is 1.94. The summed E-state index contributed by atoms with van der Waals surface area (Å²) in [4.78, 5) is 0. The minimum Gasteiger partial charge on any atom is -0.397 e. The highest BCUT2D eigenvalue weighted by Crippen LogP contribution is 2.30. The lowest BCUT2D eigenvalue weighted by Gasteiger charge is -2.26. The van der Waals surface area contributed by atoms with E-state index in [4.69, 9.17) is 5.73 Å². The summed E-state index contributed by atoms with van der Waals surface area (Å²) in [6, 6.07) is 8.29. The fourth-order valence-electron chi connectivity index (χ4n) is 2.40. The molecule has 0 bridgehead atoms. The van der Waals surface area contributed by atoms with Crippen LogP contribution in [0, 0.1) is 5.92 Å². The maximum absolute atomic E-state index is 6.02. The predicted molar refractivity (Wildman–Crippen MR) is 63.7 cm³/mol. The number of benzene rings is 1. The van der Waals surface area contributed by atoms with E-state index in [2.05, 4.69) is 22.9 Å². The normalized spacial score (nSPS) is 16.8. The van der Waals surface area contributed by atoms with Crippen LogP contribution in [0.1, 0.15) is 19.3 Å². The van der Waals surface area contributed by atoms with Crippen LogP contribution in [0.4, 0.5) is 5.69 Å². The lowest BCUT2D eigenvalue weighted by Crippen LogP contribution is -2.17. The van der Waals surface area contributed by atoms with Gasteiger partial charge in [0.1, 0.15) is 0 Å². The fourth-order valence-corrected chi connectivity index (χ4v) is 2.40. The number of fused-ring (bicyclic) bond motifs is 1. The Labute approximate surface area is 89.7 Å². The van der Waals surface area contributed by atoms with Crippen molar-refractivity contribution >= 4 is 16.6 Å². The van der Waals surface area contributed by atoms with Gasteiger partial charge in [-0.25, -0.2) is 0 Å². The van der Waals surface area contributed by atoms with Gasteiger partial charge in [-0.05, 0) is 30.9 Å². The van der Waals surface area contributed by atoms with Crippen LogP contribution < -0.4 is 5.73 Å². The molecule has 78 valence electrons. The zero-order chi connectivity index (χ0) is 10.3. The number of hydrogen-bond donors (Lipinski definition) is 1. The van der Waals surface area contributed by atoms with Crippen molar-refractivity contribution < 1.29 is 0 Å². The molecule has 1 aromatic carbocycles. The minimum absolute atomic E-state index is 0.875. The van der Waals surface area contributed by atoms with Crippen molar-refractivity contribution in [2.45, 2.75) is 25.8 Å². The predicted octanol–water partition coefficient (Wildman–Crippen LogP) is 3.02. The summed E-state index contributed by atoms with van der Waals surface area (Å²) in [5, 5.41) is 1.26. The Morgan fingerprint density at radius 3 is 2.87 bits per heavy atom. The van der Waals surface area contributed by atoms with Gasteiger partial charge in [-0.15, -0.1) is 0 Å². The smallest absolute Gasteiger partial charge is 0.0713 e. The van der Waals surface area contributed by atoms with Crippen molar-refractivity contribution in [3.05, 3.63) is 30.5 Å². The van der Waals surface area contributed by atoms with E-state index >= 15 is 0 Å². The summed E-state index contributed by atoms with van der Waals surface area (Å²) in [5.41, 5.74) is 8.13. The first-order valence-corrected chi connectivity index (χ1v) is 5.68. The number of nitrogens with zero attached hydrogens (tertiary/aromatic N) is 1. The molecule has 2 nitrogen and oxygen atoms in total. The average molecular weight is 200 g/mol. The zero-order valence-electron chi connectivity index (χ0n) is 8.82. The average Bonchev–Trinajstić information content (AvgIpc) is 2.56. The number of nitrogen functional groups attached to an aromatic ring is 1. The van der Waals surface area contributed by atoms with Crippen LogP contribution in [-0.4, -0.2) is 4.57 Å². The largest absolute Gasteiger partial charge is 0.397 e. The van der Waals surface area contributed by atoms with E-state index in [1.807, 2.05) is 12.1 Å². The van der Waals surface area contributed by atoms with Gasteiger partial charge in [-0.3, -0.25) is 0 Å². The third-order valence-electron chi connectivity index (χ3n) is 3.50. The van der Waals surface area contributed by atoms with Gasteiger partial charge in [0.2, 0.25) is 0 Å². The molecule has 2 N–H and O–H groups in total. The van der Waals surface area contributed by atoms with Crippen LogP contribution in [0.5, 0.6) is 0 Å². The molecule has 3 rings (SSSR count). The van der Waals surface area contributed by atoms with Crippen molar-refractivity contribution in [1.29, 1.82) is 0 Å². The number of nitrogens with two attached hydrogens (primary N) is 1. The Balaban J connectivity index is 2.02. The van der Waals surface area contributed by atoms with E-state index in [9.17, 15) is 0 Å². The molecule has 1 heterocycles. The van der Waals surface area contributed by atoms with Crippen molar-refractivity contribution in [3.8, 4) is 0 Å². The molecule has 1 aromatic heterocycles. The van der Waals surface area contributed by atoms with E-state index < -0.39 is 0 Å². The van der Waals surface area contributed by atoms with E-state index in [0.29, 0.717) is 0 Å². The summed E-state index contributed by atoms with van der Waals surface area (Å²) in [6.07, 6.45) is 6.33. The van der Waals surface area contributed by atoms with Crippen LogP contribution in [0.25, 0.3) is 10.9 Å². The first-order chi connectivity index (χ1) is 7.34. The Hall–Kier alpha value is -1.44. The number of anilines is 1. The van der Waals surface area contributed by atoms with Gasteiger partial charge in [0.15, 0.2) is 0 Å². The molecule has 0 spiro atoms. The van der Waals surface area contributed by atoms with Crippen molar-refractivity contribution in [3.63, 3.8) is 0 Å². The van der Waals surface area contributed by atoms with Gasteiger partial charge in [0.25, 0.3) is 0 Å². The molecule has 0 radical (unpaired) electrons. The molecule has 0 aliphatic heterocycles. The van der Waals surface area contributed by atoms with E-state index in [1.54, 1.807) is 0 Å². The molecular weight excluding hydrogens is 184 g/mol. The van der Waals surface area contributed by atoms with E-state index in [1.165, 1.54) is 30.2 Å². The maximum Gasteiger partial charge on any atom is 0.0713 e. The molecule has 15 heavy (non-hydrogen) atoms. The molecule has 0 saturated heterocycles. The molecule has 0 atom stereocenters. The molecule has 0 amide bonds. The standard InChI is InChI=1S/C13H16N2/c14-12-6-2-5-11-7-8-15(13(11)12)9-10-3-1-4-10/h2,5-8,10H,1,3-4,9,14H2. The summed E-state index contributed by atoms with van der Waals surface area (Å²) >= 11 is 0. The maximum atomic E-state index is 6.02. The summed E-state index contributed by atoms with van der Waals surface area (Å²) in [6.45, 7) is 1.14. The van der Waals surface area contributed by atoms with Crippen molar-refractivity contribution in [2.75, 3.05) is 5.73 Å². The van der Waals surface area contributed by atoms with Gasteiger partial charge in [0.05, 0.1) is 11.2 Å². The Morgan fingerprint density at radius 2 is 2.13 bits per heavy atom. The van der Waals surface area contributed by atoms with E-state index in [-0.39, 0.29) is 0 Å². The molecule has 0 unspecified atom stereocenters. The second-order valence-electron chi connectivity index (χ2n) is 4.55. The number of aromatic nitrogens is 1. The van der Waals surface area contributed by atoms with Crippen molar-refractivity contribution in [2.24, 2.45) is 5.92 Å². The Bertz CT molecular complexity index is 480. The molecule has 1 aliphatic rings. The second-order valence-corrected chi connectivity index (χ2v) is 4.55. The van der Waals surface area contributed by atoms with Gasteiger partial charge in [0, 0.05) is 18.1 Å². The van der Waals surface area contributed by atoms with Gasteiger partial charge < -0.3 is 10.3 Å². The Morgan fingerprint density at radius 1 is 1.27 bits per heavy atom. The molecule has 2 aromatic rings. The number of rotatable bonds is 2. The molecule has 2 heteroatoms.